The van der Waals surface area contributed by atoms with Gasteiger partial charge < -0.3 is 9.88 Å². The van der Waals surface area contributed by atoms with E-state index in [-0.39, 0.29) is 6.04 Å². The van der Waals surface area contributed by atoms with E-state index in [0.29, 0.717) is 5.92 Å². The van der Waals surface area contributed by atoms with E-state index in [1.54, 1.807) is 0 Å². The van der Waals surface area contributed by atoms with Gasteiger partial charge in [0.1, 0.15) is 11.9 Å². The van der Waals surface area contributed by atoms with Gasteiger partial charge in [-0.2, -0.15) is 0 Å². The summed E-state index contributed by atoms with van der Waals surface area (Å²) in [5.41, 5.74) is 11.7. The van der Waals surface area contributed by atoms with E-state index in [9.17, 15) is 0 Å². The number of aromatic nitrogens is 2. The summed E-state index contributed by atoms with van der Waals surface area (Å²) in [4.78, 5) is 5.37. The molecular weight excluding hydrogens is 633 g/mol. The van der Waals surface area contributed by atoms with E-state index in [0.717, 1.165) is 23.6 Å². The maximum absolute atomic E-state index is 5.37. The van der Waals surface area contributed by atoms with E-state index in [2.05, 4.69) is 190 Å². The molecule has 52 heavy (non-hydrogen) atoms. The molecule has 2 aliphatic rings. The molecule has 1 unspecified atom stereocenters. The van der Waals surface area contributed by atoms with Crippen LogP contribution < -0.4 is 5.32 Å². The molecule has 0 amide bonds. The van der Waals surface area contributed by atoms with Gasteiger partial charge in [0.2, 0.25) is 0 Å². The lowest BCUT2D eigenvalue weighted by atomic mass is 9.99. The zero-order valence-corrected chi connectivity index (χ0v) is 28.4. The Kier molecular flexibility index (Phi) is 6.41. The summed E-state index contributed by atoms with van der Waals surface area (Å²) >= 11 is 0. The Labute approximate surface area is 301 Å². The summed E-state index contributed by atoms with van der Waals surface area (Å²) in [5, 5.41) is 10.1. The van der Waals surface area contributed by atoms with E-state index < -0.39 is 0 Å². The Morgan fingerprint density at radius 2 is 1.25 bits per heavy atom. The molecular formula is C48H34N4. The highest BCUT2D eigenvalue weighted by Crippen LogP contribution is 2.41. The number of aliphatic imine (C=N–C) groups is 1. The molecule has 0 fully saturated rings. The second-order valence-corrected chi connectivity index (χ2v) is 14.1. The van der Waals surface area contributed by atoms with Crippen LogP contribution in [-0.2, 0) is 6.42 Å². The van der Waals surface area contributed by atoms with Gasteiger partial charge in [0, 0.05) is 33.5 Å². The van der Waals surface area contributed by atoms with Crippen molar-refractivity contribution < 1.29 is 0 Å². The molecule has 1 aliphatic carbocycles. The molecule has 7 aromatic carbocycles. The molecule has 0 radical (unpaired) electrons. The number of benzene rings is 7. The van der Waals surface area contributed by atoms with Gasteiger partial charge in [-0.3, -0.25) is 4.57 Å². The Balaban J connectivity index is 1.10. The van der Waals surface area contributed by atoms with Gasteiger partial charge in [0.05, 0.1) is 27.9 Å². The average Bonchev–Trinajstić information content (AvgIpc) is 3.86. The Morgan fingerprint density at radius 1 is 0.538 bits per heavy atom. The number of hydrogen-bond acceptors (Lipinski definition) is 2. The fourth-order valence-corrected chi connectivity index (χ4v) is 8.31. The van der Waals surface area contributed by atoms with Crippen LogP contribution in [-0.4, -0.2) is 15.0 Å². The number of rotatable bonds is 5. The second kappa shape index (κ2) is 11.4. The van der Waals surface area contributed by atoms with Crippen LogP contribution in [0.15, 0.2) is 181 Å². The van der Waals surface area contributed by atoms with Crippen molar-refractivity contribution in [1.29, 1.82) is 0 Å². The fourth-order valence-electron chi connectivity index (χ4n) is 8.31. The first-order chi connectivity index (χ1) is 25.8. The van der Waals surface area contributed by atoms with Gasteiger partial charge in [-0.25, -0.2) is 4.99 Å². The predicted octanol–water partition coefficient (Wildman–Crippen LogP) is 12.0. The van der Waals surface area contributed by atoms with Crippen LogP contribution in [0.5, 0.6) is 0 Å². The average molecular weight is 667 g/mol. The minimum absolute atomic E-state index is 0.0866. The number of allylic oxidation sites excluding steroid dienone is 2. The number of fused-ring (bicyclic) bond motifs is 7. The lowest BCUT2D eigenvalue weighted by molar-refractivity contribution is 0.831. The molecule has 1 atom stereocenters. The van der Waals surface area contributed by atoms with Crippen molar-refractivity contribution in [3.63, 3.8) is 0 Å². The Morgan fingerprint density at radius 3 is 2.10 bits per heavy atom. The third kappa shape index (κ3) is 4.65. The SMILES string of the molecule is C1=CC1Cc1cc2cc(-c3ccc4c(c3)c3c5ccccc5ccc3n4-c3ccccc3)ccc2n1C1=Nc2ccccc2NC1c1ccccc1. The predicted molar refractivity (Wildman–Crippen MR) is 217 cm³/mol. The van der Waals surface area contributed by atoms with E-state index in [4.69, 9.17) is 4.99 Å². The highest BCUT2D eigenvalue weighted by atomic mass is 15.2. The molecule has 1 N–H and O–H groups in total. The van der Waals surface area contributed by atoms with Crippen molar-refractivity contribution in [1.82, 2.24) is 9.13 Å². The molecule has 3 heterocycles. The van der Waals surface area contributed by atoms with Crippen LogP contribution in [0.3, 0.4) is 0 Å². The van der Waals surface area contributed by atoms with Gasteiger partial charge in [0.15, 0.2) is 0 Å². The quantitative estimate of drug-likeness (QED) is 0.182. The van der Waals surface area contributed by atoms with Crippen LogP contribution in [0.4, 0.5) is 11.4 Å². The molecule has 11 rings (SSSR count). The Hall–Kier alpha value is -6.65. The lowest BCUT2D eigenvalue weighted by Crippen LogP contribution is -2.30. The van der Waals surface area contributed by atoms with Crippen molar-refractivity contribution in [2.75, 3.05) is 5.32 Å². The van der Waals surface area contributed by atoms with Gasteiger partial charge in [-0.1, -0.05) is 115 Å². The number of para-hydroxylation sites is 3. The summed E-state index contributed by atoms with van der Waals surface area (Å²) < 4.78 is 4.82. The highest BCUT2D eigenvalue weighted by Gasteiger charge is 2.29. The maximum atomic E-state index is 5.37. The zero-order chi connectivity index (χ0) is 34.2. The summed E-state index contributed by atoms with van der Waals surface area (Å²) in [6.07, 6.45) is 5.54. The molecule has 1 aliphatic heterocycles. The summed E-state index contributed by atoms with van der Waals surface area (Å²) in [6.45, 7) is 0. The highest BCUT2D eigenvalue weighted by molar-refractivity contribution is 6.22. The van der Waals surface area contributed by atoms with Crippen LogP contribution >= 0.6 is 0 Å². The molecule has 0 saturated carbocycles. The number of nitrogens with zero attached hydrogens (tertiary/aromatic N) is 3. The topological polar surface area (TPSA) is 34.2 Å². The molecule has 9 aromatic rings. The largest absolute Gasteiger partial charge is 0.370 e. The zero-order valence-electron chi connectivity index (χ0n) is 28.4. The molecule has 2 aromatic heterocycles. The molecule has 0 spiro atoms. The molecule has 4 nitrogen and oxygen atoms in total. The Bertz CT molecular complexity index is 2900. The van der Waals surface area contributed by atoms with Gasteiger partial charge in [-0.05, 0) is 94.5 Å². The van der Waals surface area contributed by atoms with Crippen molar-refractivity contribution in [3.05, 3.63) is 187 Å². The van der Waals surface area contributed by atoms with Crippen LogP contribution in [0.2, 0.25) is 0 Å². The maximum Gasteiger partial charge on any atom is 0.141 e. The minimum atomic E-state index is -0.0866. The third-order valence-corrected chi connectivity index (χ3v) is 10.8. The lowest BCUT2D eigenvalue weighted by Gasteiger charge is -2.29. The fraction of sp³-hybridized carbons (Fsp3) is 0.0625. The first-order valence-electron chi connectivity index (χ1n) is 18.1. The monoisotopic (exact) mass is 666 g/mol. The van der Waals surface area contributed by atoms with Crippen molar-refractivity contribution in [2.45, 2.75) is 12.5 Å². The second-order valence-electron chi connectivity index (χ2n) is 14.1. The summed E-state index contributed by atoms with van der Waals surface area (Å²) in [5.74, 6) is 1.49. The van der Waals surface area contributed by atoms with Crippen LogP contribution in [0.25, 0.3) is 60.3 Å². The van der Waals surface area contributed by atoms with E-state index in [1.807, 2.05) is 0 Å². The van der Waals surface area contributed by atoms with Gasteiger partial charge >= 0.3 is 0 Å². The summed E-state index contributed by atoms with van der Waals surface area (Å²) in [7, 11) is 0. The molecule has 246 valence electrons. The van der Waals surface area contributed by atoms with Crippen LogP contribution in [0, 0.1) is 5.92 Å². The van der Waals surface area contributed by atoms with Gasteiger partial charge in [-0.15, -0.1) is 0 Å². The van der Waals surface area contributed by atoms with Crippen molar-refractivity contribution in [3.8, 4) is 16.8 Å². The third-order valence-electron chi connectivity index (χ3n) is 10.8. The number of hydrogen-bond donors (Lipinski definition) is 1. The van der Waals surface area contributed by atoms with Crippen molar-refractivity contribution in [2.24, 2.45) is 10.9 Å². The minimum Gasteiger partial charge on any atom is -0.370 e. The normalized spacial score (nSPS) is 15.3. The molecule has 4 heteroatoms. The smallest absolute Gasteiger partial charge is 0.141 e. The van der Waals surface area contributed by atoms with E-state index in [1.165, 1.54) is 71.6 Å². The first-order valence-corrected chi connectivity index (χ1v) is 18.1. The summed E-state index contributed by atoms with van der Waals surface area (Å²) in [6, 6.07) is 59.3. The van der Waals surface area contributed by atoms with Crippen molar-refractivity contribution >= 4 is 60.7 Å². The molecule has 0 saturated heterocycles. The first kappa shape index (κ1) is 29.1. The van der Waals surface area contributed by atoms with Gasteiger partial charge in [0.25, 0.3) is 0 Å². The van der Waals surface area contributed by atoms with E-state index >= 15 is 0 Å². The standard InChI is InChI=1S/C48H34N4/c1-3-12-33(13-4-1)47-48(50-42-18-10-9-17-41(42)49-47)52-38(27-31-19-20-31)29-36-28-34(22-24-43(36)52)35-23-25-44-40(30-35)46-39-16-8-7-11-32(39)21-26-45(46)51(44)37-14-5-2-6-15-37/h1-26,28-31,47,49H,27H2. The number of nitrogens with one attached hydrogen (secondary N) is 1. The molecule has 0 bridgehead atoms. The van der Waals surface area contributed by atoms with Crippen LogP contribution in [0.1, 0.15) is 17.3 Å². The number of anilines is 1.